The normalized spacial score (nSPS) is 13.5. The van der Waals surface area contributed by atoms with Crippen molar-refractivity contribution in [2.45, 2.75) is 70.6 Å². The molecule has 0 aliphatic carbocycles. The molecule has 4 aromatic rings. The number of carboxylic acids is 1. The van der Waals surface area contributed by atoms with Crippen LogP contribution in [-0.2, 0) is 35.0 Å². The predicted octanol–water partition coefficient (Wildman–Crippen LogP) is 8.53. The van der Waals surface area contributed by atoms with E-state index in [9.17, 15) is 9.90 Å². The Labute approximate surface area is 276 Å². The van der Waals surface area contributed by atoms with Gasteiger partial charge in [0.1, 0.15) is 30.8 Å². The van der Waals surface area contributed by atoms with Gasteiger partial charge in [0, 0.05) is 23.4 Å². The lowest BCUT2D eigenvalue weighted by Crippen LogP contribution is -2.35. The third kappa shape index (κ3) is 10.9. The van der Waals surface area contributed by atoms with Gasteiger partial charge in [-0.3, -0.25) is 4.79 Å². The summed E-state index contributed by atoms with van der Waals surface area (Å²) in [5.41, 5.74) is 5.08. The van der Waals surface area contributed by atoms with E-state index >= 15 is 0 Å². The van der Waals surface area contributed by atoms with Crippen LogP contribution in [0.1, 0.15) is 61.6 Å². The molecule has 0 aromatic heterocycles. The lowest BCUT2D eigenvalue weighted by molar-refractivity contribution is -0.136. The molecule has 46 heavy (non-hydrogen) atoms. The number of ether oxygens (including phenoxy) is 2. The van der Waals surface area contributed by atoms with Crippen molar-refractivity contribution in [2.24, 2.45) is 0 Å². The van der Waals surface area contributed by atoms with Crippen LogP contribution >= 0.6 is 10.3 Å². The van der Waals surface area contributed by atoms with E-state index in [1.54, 1.807) is 0 Å². The van der Waals surface area contributed by atoms with Gasteiger partial charge in [0.2, 0.25) is 0 Å². The highest BCUT2D eigenvalue weighted by Gasteiger charge is 2.32. The first kappa shape index (κ1) is 35.1. The summed E-state index contributed by atoms with van der Waals surface area (Å²) in [7, 11) is -1.48. The molecule has 0 fully saturated rings. The number of hydrogen-bond acceptors (Lipinski definition) is 5. The largest absolute Gasteiger partial charge is 0.489 e. The smallest absolute Gasteiger partial charge is 0.307 e. The van der Waals surface area contributed by atoms with E-state index in [1.807, 2.05) is 66.7 Å². The number of rotatable bonds is 16. The molecule has 0 bridgehead atoms. The number of hydrogen-bond donors (Lipinski definition) is 2. The fourth-order valence-corrected chi connectivity index (χ4v) is 5.89. The molecular formula is C39H49NO5S. The molecule has 4 rings (SSSR count). The van der Waals surface area contributed by atoms with E-state index in [2.05, 4.69) is 81.9 Å². The van der Waals surface area contributed by atoms with E-state index in [-0.39, 0.29) is 23.3 Å². The van der Waals surface area contributed by atoms with E-state index in [1.165, 1.54) is 0 Å². The van der Waals surface area contributed by atoms with Crippen molar-refractivity contribution in [3.8, 4) is 11.5 Å². The third-order valence-corrected chi connectivity index (χ3v) is 11.8. The third-order valence-electron chi connectivity index (χ3n) is 8.14. The van der Waals surface area contributed by atoms with Crippen molar-refractivity contribution in [2.75, 3.05) is 19.1 Å². The van der Waals surface area contributed by atoms with Gasteiger partial charge in [-0.1, -0.05) is 106 Å². The molecule has 246 valence electrons. The SMILES string of the molecule is CC(Cc1cccc(CC(=O)O)c1)NC[C@H](OS(C)(C)C(C)(C)C)c1cc(OCc2ccccc2)cc(OCc2ccccc2)c1. The van der Waals surface area contributed by atoms with Crippen molar-refractivity contribution in [3.05, 3.63) is 131 Å². The highest BCUT2D eigenvalue weighted by molar-refractivity contribution is 8.29. The van der Waals surface area contributed by atoms with Gasteiger partial charge < -0.3 is 24.1 Å². The second kappa shape index (κ2) is 16.2. The first-order chi connectivity index (χ1) is 21.9. The molecule has 0 saturated carbocycles. The Hall–Kier alpha value is -3.78. The van der Waals surface area contributed by atoms with Gasteiger partial charge in [-0.25, -0.2) is 0 Å². The fourth-order valence-electron chi connectivity index (χ4n) is 4.85. The fraction of sp³-hybridized carbons (Fsp3) is 0.359. The minimum Gasteiger partial charge on any atom is -0.489 e. The van der Waals surface area contributed by atoms with Gasteiger partial charge in [0.05, 0.1) is 6.42 Å². The van der Waals surface area contributed by atoms with E-state index in [0.717, 1.165) is 45.7 Å². The number of benzene rings is 4. The second-order valence-corrected chi connectivity index (χ2v) is 17.0. The molecule has 0 aliphatic rings. The van der Waals surface area contributed by atoms with Gasteiger partial charge in [0.15, 0.2) is 0 Å². The Morgan fingerprint density at radius 3 is 1.80 bits per heavy atom. The van der Waals surface area contributed by atoms with Crippen LogP contribution in [0.15, 0.2) is 103 Å². The van der Waals surface area contributed by atoms with Crippen LogP contribution in [0.4, 0.5) is 0 Å². The Balaban J connectivity index is 1.59. The van der Waals surface area contributed by atoms with Crippen LogP contribution in [0.25, 0.3) is 0 Å². The van der Waals surface area contributed by atoms with Gasteiger partial charge in [-0.05, 0) is 65.8 Å². The lowest BCUT2D eigenvalue weighted by atomic mass is 10.0. The predicted molar refractivity (Wildman–Crippen MR) is 190 cm³/mol. The Morgan fingerprint density at radius 1 is 0.761 bits per heavy atom. The quantitative estimate of drug-likeness (QED) is 0.127. The molecule has 0 amide bonds. The number of carbonyl (C=O) groups is 1. The van der Waals surface area contributed by atoms with E-state index in [0.29, 0.717) is 19.8 Å². The zero-order valence-corrected chi connectivity index (χ0v) is 28.8. The average molecular weight is 644 g/mol. The summed E-state index contributed by atoms with van der Waals surface area (Å²) in [6, 6.07) is 34.3. The number of aliphatic carboxylic acids is 1. The van der Waals surface area contributed by atoms with Crippen LogP contribution < -0.4 is 14.8 Å². The van der Waals surface area contributed by atoms with Crippen LogP contribution in [0.5, 0.6) is 11.5 Å². The van der Waals surface area contributed by atoms with Crippen LogP contribution in [0, 0.1) is 0 Å². The highest BCUT2D eigenvalue weighted by Crippen LogP contribution is 2.56. The Bertz CT molecular complexity index is 1470. The molecule has 0 spiro atoms. The second-order valence-electron chi connectivity index (χ2n) is 13.1. The van der Waals surface area contributed by atoms with Gasteiger partial charge in [0.25, 0.3) is 0 Å². The maximum Gasteiger partial charge on any atom is 0.307 e. The van der Waals surface area contributed by atoms with Crippen molar-refractivity contribution in [1.82, 2.24) is 5.32 Å². The van der Waals surface area contributed by atoms with Crippen molar-refractivity contribution in [1.29, 1.82) is 0 Å². The maximum absolute atomic E-state index is 11.2. The van der Waals surface area contributed by atoms with Gasteiger partial charge in [-0.15, -0.1) is 10.3 Å². The minimum absolute atomic E-state index is 0.0214. The maximum atomic E-state index is 11.2. The summed E-state index contributed by atoms with van der Waals surface area (Å²) in [5.74, 6) is 0.629. The molecule has 0 aliphatic heterocycles. The van der Waals surface area contributed by atoms with Crippen LogP contribution in [0.3, 0.4) is 0 Å². The molecule has 6 nitrogen and oxygen atoms in total. The number of carboxylic acid groups (broad SMARTS) is 1. The van der Waals surface area contributed by atoms with Gasteiger partial charge >= 0.3 is 5.97 Å². The van der Waals surface area contributed by atoms with Crippen molar-refractivity contribution < 1.29 is 23.6 Å². The summed E-state index contributed by atoms with van der Waals surface area (Å²) in [5, 5.41) is 12.9. The molecular weight excluding hydrogens is 594 g/mol. The Kier molecular flexibility index (Phi) is 12.3. The average Bonchev–Trinajstić information content (AvgIpc) is 3.01. The van der Waals surface area contributed by atoms with E-state index in [4.69, 9.17) is 13.7 Å². The Morgan fingerprint density at radius 2 is 1.28 bits per heavy atom. The summed E-state index contributed by atoms with van der Waals surface area (Å²) in [6.45, 7) is 10.3. The molecule has 1 unspecified atom stereocenters. The zero-order chi connectivity index (χ0) is 33.2. The standard InChI is InChI=1S/C39H49NO5S/c1-29(20-32-18-13-19-33(21-32)22-38(41)42)40-26-37(45-46(5,6)39(2,3)4)34-23-35(43-27-30-14-9-7-10-15-30)25-36(24-34)44-28-31-16-11-8-12-17-31/h7-19,21,23-25,29,37,40H,20,22,26-28H2,1-6H3,(H,41,42)/t29?,37-/m0/s1. The van der Waals surface area contributed by atoms with Crippen LogP contribution in [0.2, 0.25) is 0 Å². The summed E-state index contributed by atoms with van der Waals surface area (Å²) in [6.07, 6.45) is 4.97. The van der Waals surface area contributed by atoms with Gasteiger partial charge in [-0.2, -0.15) is 0 Å². The number of nitrogens with one attached hydrogen (secondary N) is 1. The van der Waals surface area contributed by atoms with E-state index < -0.39 is 16.3 Å². The van der Waals surface area contributed by atoms with Crippen molar-refractivity contribution in [3.63, 3.8) is 0 Å². The molecule has 4 aromatic carbocycles. The summed E-state index contributed by atoms with van der Waals surface area (Å²) >= 11 is 0. The monoisotopic (exact) mass is 643 g/mol. The molecule has 0 saturated heterocycles. The van der Waals surface area contributed by atoms with Crippen molar-refractivity contribution >= 4 is 16.3 Å². The highest BCUT2D eigenvalue weighted by atomic mass is 32.3. The zero-order valence-electron chi connectivity index (χ0n) is 28.0. The summed E-state index contributed by atoms with van der Waals surface area (Å²) in [4.78, 5) is 11.2. The molecule has 0 radical (unpaired) electrons. The lowest BCUT2D eigenvalue weighted by Gasteiger charge is -2.46. The first-order valence-electron chi connectivity index (χ1n) is 15.8. The topological polar surface area (TPSA) is 77.0 Å². The molecule has 2 N–H and O–H groups in total. The molecule has 0 heterocycles. The first-order valence-corrected chi connectivity index (χ1v) is 18.2. The van der Waals surface area contributed by atoms with Crippen LogP contribution in [-0.4, -0.2) is 40.9 Å². The molecule has 2 atom stereocenters. The minimum atomic E-state index is -1.48. The molecule has 7 heteroatoms. The summed E-state index contributed by atoms with van der Waals surface area (Å²) < 4.78 is 19.7.